The molecule has 0 saturated carbocycles. The number of fused-ring (bicyclic) bond motifs is 1. The van der Waals surface area contributed by atoms with E-state index in [2.05, 4.69) is 4.72 Å². The molecule has 0 bridgehead atoms. The summed E-state index contributed by atoms with van der Waals surface area (Å²) in [5.41, 5.74) is 8.86. The van der Waals surface area contributed by atoms with Gasteiger partial charge in [0.25, 0.3) is 10.0 Å². The second-order valence-electron chi connectivity index (χ2n) is 5.36. The van der Waals surface area contributed by atoms with Gasteiger partial charge in [-0.15, -0.1) is 0 Å². The number of sulfonamides is 1. The molecule has 21 heavy (non-hydrogen) atoms. The second-order valence-corrected chi connectivity index (χ2v) is 7.05. The summed E-state index contributed by atoms with van der Waals surface area (Å²) < 4.78 is 27.5. The van der Waals surface area contributed by atoms with E-state index in [-0.39, 0.29) is 10.9 Å². The highest BCUT2D eigenvalue weighted by Crippen LogP contribution is 2.29. The van der Waals surface area contributed by atoms with Crippen LogP contribution in [-0.4, -0.2) is 14.5 Å². The van der Waals surface area contributed by atoms with Crippen molar-refractivity contribution < 1.29 is 8.42 Å². The Kier molecular flexibility index (Phi) is 3.69. The molecule has 4 nitrogen and oxygen atoms in total. The third kappa shape index (κ3) is 2.94. The van der Waals surface area contributed by atoms with Crippen LogP contribution >= 0.6 is 0 Å². The van der Waals surface area contributed by atoms with Gasteiger partial charge in [0, 0.05) is 6.04 Å². The Bertz CT molecular complexity index is 742. The van der Waals surface area contributed by atoms with Crippen LogP contribution in [0.1, 0.15) is 17.5 Å². The van der Waals surface area contributed by atoms with Crippen molar-refractivity contribution >= 4 is 15.7 Å². The van der Waals surface area contributed by atoms with Gasteiger partial charge in [-0.2, -0.15) is 0 Å². The van der Waals surface area contributed by atoms with Crippen LogP contribution in [0.2, 0.25) is 0 Å². The fourth-order valence-corrected chi connectivity index (χ4v) is 3.85. The van der Waals surface area contributed by atoms with E-state index in [1.807, 2.05) is 18.2 Å². The largest absolute Gasteiger partial charge is 0.327 e. The lowest BCUT2D eigenvalue weighted by Crippen LogP contribution is -2.28. The Morgan fingerprint density at radius 1 is 1.05 bits per heavy atom. The number of anilines is 1. The number of nitrogens with one attached hydrogen (secondary N) is 1. The van der Waals surface area contributed by atoms with E-state index in [4.69, 9.17) is 5.73 Å². The van der Waals surface area contributed by atoms with E-state index >= 15 is 0 Å². The first-order valence-corrected chi connectivity index (χ1v) is 8.49. The monoisotopic (exact) mass is 302 g/mol. The number of rotatable bonds is 3. The molecule has 0 aromatic heterocycles. The molecule has 3 rings (SSSR count). The van der Waals surface area contributed by atoms with E-state index in [0.29, 0.717) is 5.69 Å². The van der Waals surface area contributed by atoms with Crippen LogP contribution in [0.5, 0.6) is 0 Å². The smallest absolute Gasteiger partial charge is 0.261 e. The van der Waals surface area contributed by atoms with Crippen LogP contribution in [0.3, 0.4) is 0 Å². The zero-order valence-corrected chi connectivity index (χ0v) is 12.4. The Morgan fingerprint density at radius 2 is 1.81 bits per heavy atom. The average molecular weight is 302 g/mol. The third-order valence-corrected chi connectivity index (χ3v) is 5.20. The molecule has 0 fully saturated rings. The highest BCUT2D eigenvalue weighted by Gasteiger charge is 2.21. The van der Waals surface area contributed by atoms with Gasteiger partial charge in [-0.25, -0.2) is 8.42 Å². The summed E-state index contributed by atoms with van der Waals surface area (Å²) in [4.78, 5) is 0.273. The SMILES string of the molecule is NC1CCc2c(cccc2NS(=O)(=O)c2ccccc2)C1. The maximum atomic E-state index is 12.4. The minimum atomic E-state index is -3.54. The lowest BCUT2D eigenvalue weighted by Gasteiger charge is -2.24. The van der Waals surface area contributed by atoms with Gasteiger partial charge in [-0.05, 0) is 48.6 Å². The first kappa shape index (κ1) is 14.1. The minimum absolute atomic E-state index is 0.165. The molecule has 1 aliphatic rings. The summed E-state index contributed by atoms with van der Waals surface area (Å²) in [6, 6.07) is 14.3. The molecule has 0 saturated heterocycles. The van der Waals surface area contributed by atoms with E-state index in [1.165, 1.54) is 0 Å². The average Bonchev–Trinajstić information content (AvgIpc) is 2.48. The van der Waals surface area contributed by atoms with Crippen LogP contribution in [0.15, 0.2) is 53.4 Å². The van der Waals surface area contributed by atoms with Crippen molar-refractivity contribution in [1.29, 1.82) is 0 Å². The Labute approximate surface area is 125 Å². The van der Waals surface area contributed by atoms with E-state index in [1.54, 1.807) is 30.3 Å². The number of nitrogens with two attached hydrogens (primary N) is 1. The molecule has 110 valence electrons. The molecule has 0 amide bonds. The van der Waals surface area contributed by atoms with Crippen LogP contribution in [0, 0.1) is 0 Å². The topological polar surface area (TPSA) is 72.2 Å². The van der Waals surface area contributed by atoms with Crippen LogP contribution in [0.4, 0.5) is 5.69 Å². The predicted molar refractivity (Wildman–Crippen MR) is 83.7 cm³/mol. The van der Waals surface area contributed by atoms with Crippen LogP contribution < -0.4 is 10.5 Å². The predicted octanol–water partition coefficient (Wildman–Crippen LogP) is 2.30. The quantitative estimate of drug-likeness (QED) is 0.914. The third-order valence-electron chi connectivity index (χ3n) is 3.82. The minimum Gasteiger partial charge on any atom is -0.327 e. The first-order chi connectivity index (χ1) is 10.1. The van der Waals surface area contributed by atoms with Crippen LogP contribution in [-0.2, 0) is 22.9 Å². The molecule has 0 spiro atoms. The standard InChI is InChI=1S/C16H18N2O2S/c17-13-9-10-15-12(11-13)5-4-8-16(15)18-21(19,20)14-6-2-1-3-7-14/h1-8,13,18H,9-11,17H2. The molecular formula is C16H18N2O2S. The van der Waals surface area contributed by atoms with Gasteiger partial charge in [0.05, 0.1) is 10.6 Å². The molecule has 2 aromatic rings. The molecule has 1 unspecified atom stereocenters. The normalized spacial score (nSPS) is 18.0. The first-order valence-electron chi connectivity index (χ1n) is 7.00. The van der Waals surface area contributed by atoms with Crippen molar-refractivity contribution in [2.75, 3.05) is 4.72 Å². The maximum Gasteiger partial charge on any atom is 0.261 e. The van der Waals surface area contributed by atoms with Crippen molar-refractivity contribution in [2.24, 2.45) is 5.73 Å². The van der Waals surface area contributed by atoms with Crippen molar-refractivity contribution in [3.8, 4) is 0 Å². The molecular weight excluding hydrogens is 284 g/mol. The van der Waals surface area contributed by atoms with Gasteiger partial charge < -0.3 is 5.73 Å². The lowest BCUT2D eigenvalue weighted by atomic mass is 9.88. The van der Waals surface area contributed by atoms with E-state index in [9.17, 15) is 8.42 Å². The number of hydrogen-bond donors (Lipinski definition) is 2. The van der Waals surface area contributed by atoms with E-state index < -0.39 is 10.0 Å². The Hall–Kier alpha value is -1.85. The summed E-state index contributed by atoms with van der Waals surface area (Å²) in [5, 5.41) is 0. The van der Waals surface area contributed by atoms with Crippen molar-refractivity contribution in [2.45, 2.75) is 30.2 Å². The Balaban J connectivity index is 1.94. The van der Waals surface area contributed by atoms with Crippen molar-refractivity contribution in [3.63, 3.8) is 0 Å². The molecule has 0 radical (unpaired) electrons. The molecule has 2 aromatic carbocycles. The fraction of sp³-hybridized carbons (Fsp3) is 0.250. The molecule has 1 aliphatic carbocycles. The van der Waals surface area contributed by atoms with E-state index in [0.717, 1.165) is 30.4 Å². The van der Waals surface area contributed by atoms with Gasteiger partial charge in [0.1, 0.15) is 0 Å². The van der Waals surface area contributed by atoms with Gasteiger partial charge in [-0.1, -0.05) is 30.3 Å². The zero-order chi connectivity index (χ0) is 14.9. The fourth-order valence-electron chi connectivity index (χ4n) is 2.73. The summed E-state index contributed by atoms with van der Waals surface area (Å²) in [6.45, 7) is 0. The maximum absolute atomic E-state index is 12.4. The molecule has 0 aliphatic heterocycles. The summed E-state index contributed by atoms with van der Waals surface area (Å²) in [7, 11) is -3.54. The molecule has 3 N–H and O–H groups in total. The van der Waals surface area contributed by atoms with Crippen LogP contribution in [0.25, 0.3) is 0 Å². The summed E-state index contributed by atoms with van der Waals surface area (Å²) in [6.07, 6.45) is 2.50. The summed E-state index contributed by atoms with van der Waals surface area (Å²) >= 11 is 0. The van der Waals surface area contributed by atoms with Gasteiger partial charge in [-0.3, -0.25) is 4.72 Å². The lowest BCUT2D eigenvalue weighted by molar-refractivity contribution is 0.577. The van der Waals surface area contributed by atoms with Gasteiger partial charge in [0.2, 0.25) is 0 Å². The number of benzene rings is 2. The zero-order valence-electron chi connectivity index (χ0n) is 11.6. The molecule has 0 heterocycles. The number of hydrogen-bond acceptors (Lipinski definition) is 3. The molecule has 5 heteroatoms. The van der Waals surface area contributed by atoms with Gasteiger partial charge in [0.15, 0.2) is 0 Å². The Morgan fingerprint density at radius 3 is 2.57 bits per heavy atom. The summed E-state index contributed by atoms with van der Waals surface area (Å²) in [5.74, 6) is 0. The highest BCUT2D eigenvalue weighted by molar-refractivity contribution is 7.92. The van der Waals surface area contributed by atoms with Crippen molar-refractivity contribution in [3.05, 3.63) is 59.7 Å². The second kappa shape index (κ2) is 5.50. The molecule has 1 atom stereocenters. The van der Waals surface area contributed by atoms with Crippen molar-refractivity contribution in [1.82, 2.24) is 0 Å². The van der Waals surface area contributed by atoms with Gasteiger partial charge >= 0.3 is 0 Å². The highest BCUT2D eigenvalue weighted by atomic mass is 32.2.